The first kappa shape index (κ1) is 17.6. The zero-order valence-corrected chi connectivity index (χ0v) is 12.0. The van der Waals surface area contributed by atoms with Crippen LogP contribution in [0.4, 0.5) is 0 Å². The summed E-state index contributed by atoms with van der Waals surface area (Å²) < 4.78 is 30.2. The summed E-state index contributed by atoms with van der Waals surface area (Å²) >= 11 is 0. The van der Waals surface area contributed by atoms with Crippen molar-refractivity contribution in [2.75, 3.05) is 20.3 Å². The van der Waals surface area contributed by atoms with Crippen LogP contribution in [0.3, 0.4) is 0 Å². The molecule has 0 aliphatic carbocycles. The van der Waals surface area contributed by atoms with Crippen molar-refractivity contribution >= 4 is 19.5 Å². The average molecular weight is 292 g/mol. The second-order valence-corrected chi connectivity index (χ2v) is 5.75. The van der Waals surface area contributed by atoms with E-state index in [1.54, 1.807) is 0 Å². The van der Waals surface area contributed by atoms with Crippen LogP contribution in [-0.4, -0.2) is 32.2 Å². The van der Waals surface area contributed by atoms with Gasteiger partial charge in [0.1, 0.15) is 0 Å². The third-order valence-corrected chi connectivity index (χ3v) is 2.80. The normalized spacial score (nSPS) is 10.7. The summed E-state index contributed by atoms with van der Waals surface area (Å²) in [6.07, 6.45) is 0. The van der Waals surface area contributed by atoms with Crippen molar-refractivity contribution in [3.05, 3.63) is 24.3 Å². The van der Waals surface area contributed by atoms with E-state index in [-0.39, 0.29) is 11.1 Å². The lowest BCUT2D eigenvalue weighted by atomic mass is 10.4. The number of carbonyl (C=O) groups excluding carboxylic acids is 2. The first-order valence-electron chi connectivity index (χ1n) is 5.17. The lowest BCUT2D eigenvalue weighted by Crippen LogP contribution is -2.11. The van der Waals surface area contributed by atoms with Gasteiger partial charge in [0.05, 0.1) is 0 Å². The maximum Gasteiger partial charge on any atom is 0.335 e. The summed E-state index contributed by atoms with van der Waals surface area (Å²) in [6, 6.07) is 0. The first-order chi connectivity index (χ1) is 8.65. The van der Waals surface area contributed by atoms with Gasteiger partial charge >= 0.3 is 19.5 Å². The number of hydrogen-bond acceptors (Lipinski definition) is 7. The molecule has 0 aromatic heterocycles. The molecule has 0 spiro atoms. The number of rotatable bonds is 8. The highest BCUT2D eigenvalue weighted by Crippen LogP contribution is 2.43. The van der Waals surface area contributed by atoms with Crippen LogP contribution in [0.5, 0.6) is 0 Å². The zero-order chi connectivity index (χ0) is 15.1. The van der Waals surface area contributed by atoms with Crippen molar-refractivity contribution in [3.63, 3.8) is 0 Å². The van der Waals surface area contributed by atoms with E-state index in [9.17, 15) is 14.2 Å². The van der Waals surface area contributed by atoms with Gasteiger partial charge < -0.3 is 9.47 Å². The van der Waals surface area contributed by atoms with Crippen molar-refractivity contribution in [1.82, 2.24) is 0 Å². The van der Waals surface area contributed by atoms with Crippen molar-refractivity contribution in [1.29, 1.82) is 0 Å². The molecule has 8 heteroatoms. The van der Waals surface area contributed by atoms with Crippen molar-refractivity contribution in [3.8, 4) is 0 Å². The molecule has 0 aliphatic heterocycles. The Labute approximate surface area is 111 Å². The molecule has 0 fully saturated rings. The minimum absolute atomic E-state index is 0.186. The van der Waals surface area contributed by atoms with Crippen LogP contribution in [0.25, 0.3) is 0 Å². The van der Waals surface area contributed by atoms with E-state index in [4.69, 9.17) is 9.05 Å². The van der Waals surface area contributed by atoms with Gasteiger partial charge in [-0.2, -0.15) is 0 Å². The van der Waals surface area contributed by atoms with Crippen LogP contribution >= 0.6 is 7.60 Å². The molecule has 0 radical (unpaired) electrons. The maximum atomic E-state index is 11.6. The molecule has 0 bridgehead atoms. The van der Waals surface area contributed by atoms with Crippen LogP contribution in [0.15, 0.2) is 24.3 Å². The third kappa shape index (κ3) is 8.31. The van der Waals surface area contributed by atoms with Crippen molar-refractivity contribution in [2.45, 2.75) is 13.8 Å². The topological polar surface area (TPSA) is 88.1 Å². The fourth-order valence-corrected chi connectivity index (χ4v) is 1.20. The van der Waals surface area contributed by atoms with E-state index >= 15 is 0 Å². The second kappa shape index (κ2) is 7.89. The average Bonchev–Trinajstić information content (AvgIpc) is 2.27. The molecule has 0 atom stereocenters. The van der Waals surface area contributed by atoms with Gasteiger partial charge in [0, 0.05) is 17.8 Å². The Morgan fingerprint density at radius 2 is 1.26 bits per heavy atom. The molecule has 108 valence electrons. The molecule has 19 heavy (non-hydrogen) atoms. The molecule has 0 saturated heterocycles. The predicted octanol–water partition coefficient (Wildman–Crippen LogP) is 2.00. The Balaban J connectivity index is 3.96. The van der Waals surface area contributed by atoms with Crippen LogP contribution in [-0.2, 0) is 32.7 Å². The van der Waals surface area contributed by atoms with Gasteiger partial charge in [-0.3, -0.25) is 13.6 Å². The van der Waals surface area contributed by atoms with Gasteiger partial charge in [0.2, 0.25) is 13.6 Å². The molecule has 0 amide bonds. The minimum Gasteiger partial charge on any atom is -0.435 e. The molecule has 0 saturated carbocycles. The Morgan fingerprint density at radius 1 is 0.947 bits per heavy atom. The SMILES string of the molecule is C=C(C)C(=O)OCOP(C)(=O)OCOC(=O)C(=C)C. The number of ether oxygens (including phenoxy) is 2. The standard InChI is InChI=1S/C11H17O7P/c1-8(2)10(12)15-6-17-19(5,14)18-7-16-11(13)9(3)4/h1,3,6-7H2,2,4-5H3. The number of esters is 2. The largest absolute Gasteiger partial charge is 0.435 e. The predicted molar refractivity (Wildman–Crippen MR) is 67.2 cm³/mol. The van der Waals surface area contributed by atoms with Gasteiger partial charge in [-0.05, 0) is 13.8 Å². The van der Waals surface area contributed by atoms with E-state index in [1.165, 1.54) is 13.8 Å². The zero-order valence-electron chi connectivity index (χ0n) is 11.1. The van der Waals surface area contributed by atoms with Crippen molar-refractivity contribution in [2.24, 2.45) is 0 Å². The Morgan fingerprint density at radius 3 is 1.53 bits per heavy atom. The molecular formula is C11H17O7P. The van der Waals surface area contributed by atoms with Gasteiger partial charge in [-0.15, -0.1) is 0 Å². The first-order valence-corrected chi connectivity index (χ1v) is 7.16. The van der Waals surface area contributed by atoms with Crippen LogP contribution in [0, 0.1) is 0 Å². The Bertz CT molecular complexity index is 391. The van der Waals surface area contributed by atoms with Crippen LogP contribution in [0.1, 0.15) is 13.8 Å². The molecule has 0 aromatic carbocycles. The summed E-state index contributed by atoms with van der Waals surface area (Å²) in [5.74, 6) is -1.34. The molecule has 0 aromatic rings. The summed E-state index contributed by atoms with van der Waals surface area (Å²) in [4.78, 5) is 22.0. The maximum absolute atomic E-state index is 11.6. The third-order valence-electron chi connectivity index (χ3n) is 1.65. The Kier molecular flexibility index (Phi) is 7.29. The van der Waals surface area contributed by atoms with Crippen LogP contribution < -0.4 is 0 Å². The molecular weight excluding hydrogens is 275 g/mol. The number of carbonyl (C=O) groups is 2. The van der Waals surface area contributed by atoms with Gasteiger partial charge in [-0.25, -0.2) is 9.59 Å². The molecule has 7 nitrogen and oxygen atoms in total. The summed E-state index contributed by atoms with van der Waals surface area (Å²) in [6.45, 7) is 9.69. The van der Waals surface area contributed by atoms with Crippen molar-refractivity contribution < 1.29 is 32.7 Å². The lowest BCUT2D eigenvalue weighted by Gasteiger charge is -2.14. The Hall–Kier alpha value is -1.43. The van der Waals surface area contributed by atoms with E-state index in [2.05, 4.69) is 22.6 Å². The van der Waals surface area contributed by atoms with E-state index in [0.29, 0.717) is 0 Å². The highest BCUT2D eigenvalue weighted by atomic mass is 31.2. The molecule has 0 rings (SSSR count). The monoisotopic (exact) mass is 292 g/mol. The summed E-state index contributed by atoms with van der Waals surface area (Å²) in [5.41, 5.74) is 0.372. The van der Waals surface area contributed by atoms with E-state index in [1.807, 2.05) is 0 Å². The smallest absolute Gasteiger partial charge is 0.335 e. The van der Waals surface area contributed by atoms with Gasteiger partial charge in [0.25, 0.3) is 0 Å². The molecule has 0 N–H and O–H groups in total. The fourth-order valence-electron chi connectivity index (χ4n) is 0.635. The second-order valence-electron chi connectivity index (χ2n) is 3.69. The molecule has 0 unspecified atom stereocenters. The van der Waals surface area contributed by atoms with Gasteiger partial charge in [0.15, 0.2) is 0 Å². The molecule has 0 aliphatic rings. The summed E-state index contributed by atoms with van der Waals surface area (Å²) in [5, 5.41) is 0. The quantitative estimate of drug-likeness (QED) is 0.292. The van der Waals surface area contributed by atoms with Crippen LogP contribution in [0.2, 0.25) is 0 Å². The van der Waals surface area contributed by atoms with E-state index < -0.39 is 33.1 Å². The van der Waals surface area contributed by atoms with Gasteiger partial charge in [-0.1, -0.05) is 13.2 Å². The lowest BCUT2D eigenvalue weighted by molar-refractivity contribution is -0.147. The molecule has 0 heterocycles. The number of hydrogen-bond donors (Lipinski definition) is 0. The minimum atomic E-state index is -3.48. The summed E-state index contributed by atoms with van der Waals surface area (Å²) in [7, 11) is -3.48. The van der Waals surface area contributed by atoms with E-state index in [0.717, 1.165) is 6.66 Å². The highest BCUT2D eigenvalue weighted by Gasteiger charge is 2.19. The fraction of sp³-hybridized carbons (Fsp3) is 0.455. The highest BCUT2D eigenvalue weighted by molar-refractivity contribution is 7.52.